The van der Waals surface area contributed by atoms with Crippen LogP contribution in [0.1, 0.15) is 54.0 Å². The Bertz CT molecular complexity index is 1210. The average Bonchev–Trinajstić information content (AvgIpc) is 3.40. The van der Waals surface area contributed by atoms with Crippen molar-refractivity contribution in [2.24, 2.45) is 0 Å². The predicted octanol–water partition coefficient (Wildman–Crippen LogP) is 4.87. The van der Waals surface area contributed by atoms with Crippen LogP contribution in [-0.2, 0) is 9.59 Å². The number of benzene rings is 2. The highest BCUT2D eigenvalue weighted by molar-refractivity contribution is 7.12. The molecule has 0 spiro atoms. The molecule has 0 fully saturated rings. The van der Waals surface area contributed by atoms with Crippen LogP contribution in [0.15, 0.2) is 66.0 Å². The first kappa shape index (κ1) is 26.9. The molecule has 3 aromatic rings. The zero-order valence-corrected chi connectivity index (χ0v) is 22.1. The third-order valence-electron chi connectivity index (χ3n) is 5.96. The minimum Gasteiger partial charge on any atom is -0.497 e. The normalized spacial score (nSPS) is 11.9. The summed E-state index contributed by atoms with van der Waals surface area (Å²) in [5.41, 5.74) is 1.61. The molecule has 0 aliphatic heterocycles. The lowest BCUT2D eigenvalue weighted by Crippen LogP contribution is -2.52. The maximum absolute atomic E-state index is 13.8. The number of rotatable bonds is 10. The molecule has 2 aromatic carbocycles. The van der Waals surface area contributed by atoms with Crippen LogP contribution in [0, 0.1) is 6.92 Å². The number of carbonyl (C=O) groups is 3. The zero-order valence-electron chi connectivity index (χ0n) is 21.3. The van der Waals surface area contributed by atoms with Gasteiger partial charge in [0.25, 0.3) is 5.91 Å². The van der Waals surface area contributed by atoms with Gasteiger partial charge < -0.3 is 15.4 Å². The fraction of sp³-hybridized carbons (Fsp3) is 0.321. The van der Waals surface area contributed by atoms with Crippen molar-refractivity contribution in [1.29, 1.82) is 0 Å². The number of methoxy groups -OCH3 is 1. The molecule has 3 amide bonds. The lowest BCUT2D eigenvalue weighted by atomic mass is 9.98. The number of thiophene rings is 1. The largest absolute Gasteiger partial charge is 0.497 e. The van der Waals surface area contributed by atoms with Gasteiger partial charge in [-0.2, -0.15) is 0 Å². The van der Waals surface area contributed by atoms with Crippen LogP contribution in [0.3, 0.4) is 0 Å². The fourth-order valence-electron chi connectivity index (χ4n) is 3.67. The van der Waals surface area contributed by atoms with Crippen molar-refractivity contribution < 1.29 is 19.1 Å². The Kier molecular flexibility index (Phi) is 8.88. The van der Waals surface area contributed by atoms with Crippen LogP contribution in [0.2, 0.25) is 0 Å². The van der Waals surface area contributed by atoms with Crippen molar-refractivity contribution in [1.82, 2.24) is 10.6 Å². The Balaban J connectivity index is 2.06. The fourth-order valence-corrected chi connectivity index (χ4v) is 4.31. The van der Waals surface area contributed by atoms with Gasteiger partial charge in [0.1, 0.15) is 11.8 Å². The number of hydrogen-bond acceptors (Lipinski definition) is 5. The van der Waals surface area contributed by atoms with Crippen LogP contribution >= 0.6 is 11.3 Å². The molecular weight excluding hydrogens is 474 g/mol. The third kappa shape index (κ3) is 6.73. The lowest BCUT2D eigenvalue weighted by Gasteiger charge is -2.35. The van der Waals surface area contributed by atoms with Crippen molar-refractivity contribution >= 4 is 34.7 Å². The Morgan fingerprint density at radius 2 is 1.81 bits per heavy atom. The molecule has 190 valence electrons. The zero-order chi connectivity index (χ0) is 26.3. The van der Waals surface area contributed by atoms with Gasteiger partial charge in [-0.05, 0) is 74.0 Å². The Morgan fingerprint density at radius 1 is 1.06 bits per heavy atom. The summed E-state index contributed by atoms with van der Waals surface area (Å²) in [7, 11) is 1.55. The van der Waals surface area contributed by atoms with Gasteiger partial charge in [-0.15, -0.1) is 11.3 Å². The van der Waals surface area contributed by atoms with Gasteiger partial charge in [-0.25, -0.2) is 0 Å². The molecular formula is C28H33N3O4S. The van der Waals surface area contributed by atoms with E-state index in [-0.39, 0.29) is 18.4 Å². The number of nitrogens with one attached hydrogen (secondary N) is 2. The van der Waals surface area contributed by atoms with Crippen molar-refractivity contribution in [2.45, 2.75) is 45.7 Å². The van der Waals surface area contributed by atoms with E-state index in [1.165, 1.54) is 16.2 Å². The molecule has 0 unspecified atom stereocenters. The Hall–Kier alpha value is -3.65. The van der Waals surface area contributed by atoms with Gasteiger partial charge in [-0.1, -0.05) is 37.3 Å². The van der Waals surface area contributed by atoms with Crippen molar-refractivity contribution in [3.63, 3.8) is 0 Å². The van der Waals surface area contributed by atoms with E-state index < -0.39 is 17.5 Å². The third-order valence-corrected chi connectivity index (χ3v) is 6.82. The van der Waals surface area contributed by atoms with Gasteiger partial charge in [0.05, 0.1) is 18.5 Å². The monoisotopic (exact) mass is 507 g/mol. The van der Waals surface area contributed by atoms with E-state index in [0.29, 0.717) is 28.3 Å². The highest BCUT2D eigenvalue weighted by Gasteiger charge is 2.35. The second-order valence-electron chi connectivity index (χ2n) is 9.17. The second-order valence-corrected chi connectivity index (χ2v) is 10.1. The Labute approximate surface area is 216 Å². The molecule has 1 heterocycles. The highest BCUT2D eigenvalue weighted by atomic mass is 32.1. The molecule has 0 bridgehead atoms. The molecule has 0 aliphatic rings. The highest BCUT2D eigenvalue weighted by Crippen LogP contribution is 2.31. The summed E-state index contributed by atoms with van der Waals surface area (Å²) in [4.78, 5) is 42.1. The van der Waals surface area contributed by atoms with Gasteiger partial charge in [-0.3, -0.25) is 19.3 Å². The van der Waals surface area contributed by atoms with E-state index >= 15 is 0 Å². The van der Waals surface area contributed by atoms with E-state index in [1.54, 1.807) is 55.0 Å². The molecule has 0 saturated heterocycles. The van der Waals surface area contributed by atoms with Gasteiger partial charge in [0.2, 0.25) is 11.8 Å². The van der Waals surface area contributed by atoms with Crippen LogP contribution in [0.5, 0.6) is 5.75 Å². The number of aryl methyl sites for hydroxylation is 1. The first-order valence-corrected chi connectivity index (χ1v) is 12.7. The maximum Gasteiger partial charge on any atom is 0.261 e. The number of ether oxygens (including phenoxy) is 1. The van der Waals surface area contributed by atoms with E-state index in [4.69, 9.17) is 4.74 Å². The minimum atomic E-state index is -0.987. The lowest BCUT2D eigenvalue weighted by molar-refractivity contribution is -0.127. The first-order chi connectivity index (χ1) is 17.1. The van der Waals surface area contributed by atoms with Crippen molar-refractivity contribution in [3.05, 3.63) is 82.0 Å². The molecule has 8 heteroatoms. The standard InChI is InChI=1S/C28H33N3O4S/c1-6-28(3,4)30-27(34)25(20-11-8-13-22(17-20)35-5)31(21-12-7-10-19(2)16-21)24(32)18-29-26(33)23-14-9-15-36-23/h7-17,25H,6,18H2,1-5H3,(H,29,33)(H,30,34)/t25-/m0/s1. The molecule has 2 N–H and O–H groups in total. The van der Waals surface area contributed by atoms with E-state index in [9.17, 15) is 14.4 Å². The van der Waals surface area contributed by atoms with Crippen molar-refractivity contribution in [2.75, 3.05) is 18.6 Å². The second kappa shape index (κ2) is 11.9. The summed E-state index contributed by atoms with van der Waals surface area (Å²) in [5, 5.41) is 7.59. The number of anilines is 1. The van der Waals surface area contributed by atoms with Crippen LogP contribution < -0.4 is 20.3 Å². The van der Waals surface area contributed by atoms with E-state index in [0.717, 1.165) is 5.56 Å². The summed E-state index contributed by atoms with van der Waals surface area (Å²) < 4.78 is 5.40. The molecule has 1 aromatic heterocycles. The summed E-state index contributed by atoms with van der Waals surface area (Å²) in [6.45, 7) is 7.52. The molecule has 7 nitrogen and oxygen atoms in total. The quantitative estimate of drug-likeness (QED) is 0.410. The number of amides is 3. The number of nitrogens with zero attached hydrogens (tertiary/aromatic N) is 1. The SMILES string of the molecule is CCC(C)(C)NC(=O)[C@H](c1cccc(OC)c1)N(C(=O)CNC(=O)c1cccs1)c1cccc(C)c1. The minimum absolute atomic E-state index is 0.268. The van der Waals surface area contributed by atoms with Gasteiger partial charge >= 0.3 is 0 Å². The van der Waals surface area contributed by atoms with Crippen molar-refractivity contribution in [3.8, 4) is 5.75 Å². The molecule has 1 atom stereocenters. The molecule has 36 heavy (non-hydrogen) atoms. The van der Waals surface area contributed by atoms with Crippen LogP contribution in [0.25, 0.3) is 0 Å². The topological polar surface area (TPSA) is 87.7 Å². The molecule has 0 radical (unpaired) electrons. The molecule has 0 saturated carbocycles. The summed E-state index contributed by atoms with van der Waals surface area (Å²) in [5.74, 6) is -0.503. The summed E-state index contributed by atoms with van der Waals surface area (Å²) in [6.07, 6.45) is 0.707. The Morgan fingerprint density at radius 3 is 2.44 bits per heavy atom. The van der Waals surface area contributed by atoms with E-state index in [2.05, 4.69) is 10.6 Å². The molecule has 0 aliphatic carbocycles. The summed E-state index contributed by atoms with van der Waals surface area (Å²) in [6, 6.07) is 17.0. The predicted molar refractivity (Wildman–Crippen MR) is 144 cm³/mol. The molecule has 3 rings (SSSR count). The summed E-state index contributed by atoms with van der Waals surface area (Å²) >= 11 is 1.30. The van der Waals surface area contributed by atoms with Gasteiger partial charge in [0, 0.05) is 11.2 Å². The first-order valence-electron chi connectivity index (χ1n) is 11.8. The smallest absolute Gasteiger partial charge is 0.261 e. The van der Waals surface area contributed by atoms with Crippen LogP contribution in [0.4, 0.5) is 5.69 Å². The van der Waals surface area contributed by atoms with E-state index in [1.807, 2.05) is 45.9 Å². The average molecular weight is 508 g/mol. The maximum atomic E-state index is 13.8. The number of carbonyl (C=O) groups excluding carboxylic acids is 3. The van der Waals surface area contributed by atoms with Gasteiger partial charge in [0.15, 0.2) is 0 Å². The van der Waals surface area contributed by atoms with Crippen LogP contribution in [-0.4, -0.2) is 36.9 Å². The number of hydrogen-bond donors (Lipinski definition) is 2.